The number of imidazole rings is 1. The Morgan fingerprint density at radius 1 is 1.00 bits per heavy atom. The summed E-state index contributed by atoms with van der Waals surface area (Å²) < 4.78 is 30.6. The Morgan fingerprint density at radius 3 is 2.44 bits per heavy atom. The first kappa shape index (κ1) is 22.6. The van der Waals surface area contributed by atoms with Gasteiger partial charge in [-0.1, -0.05) is 17.3 Å². The Kier molecular flexibility index (Phi) is 5.05. The van der Waals surface area contributed by atoms with Crippen LogP contribution in [0.15, 0.2) is 53.6 Å². The number of hydrogen-bond acceptors (Lipinski definition) is 7. The number of aromatic nitrogens is 7. The van der Waals surface area contributed by atoms with E-state index in [4.69, 9.17) is 4.98 Å². The van der Waals surface area contributed by atoms with Gasteiger partial charge in [0.05, 0.1) is 46.4 Å². The van der Waals surface area contributed by atoms with E-state index in [9.17, 15) is 13.2 Å². The van der Waals surface area contributed by atoms with Crippen molar-refractivity contribution in [3.05, 3.63) is 59.3 Å². The van der Waals surface area contributed by atoms with Crippen LogP contribution in [0.4, 0.5) is 0 Å². The number of pyridine rings is 2. The van der Waals surface area contributed by atoms with Gasteiger partial charge in [0.25, 0.3) is 0 Å². The summed E-state index contributed by atoms with van der Waals surface area (Å²) in [5, 5.41) is 8.95. The molecule has 5 aromatic rings. The largest absolute Gasteiger partial charge is 0.329 e. The maximum Gasteiger partial charge on any atom is 0.329 e. The van der Waals surface area contributed by atoms with E-state index >= 15 is 0 Å². The lowest BCUT2D eigenvalue weighted by molar-refractivity contribution is 0.454. The average Bonchev–Trinajstić information content (AvgIpc) is 3.58. The molecule has 0 unspecified atom stereocenters. The summed E-state index contributed by atoms with van der Waals surface area (Å²) in [7, 11) is 0.204. The highest BCUT2D eigenvalue weighted by molar-refractivity contribution is 7.88. The quantitative estimate of drug-likeness (QED) is 0.367. The average molecular weight is 505 g/mol. The van der Waals surface area contributed by atoms with Gasteiger partial charge >= 0.3 is 5.69 Å². The van der Waals surface area contributed by atoms with Crippen LogP contribution in [-0.2, 0) is 24.1 Å². The number of aryl methyl sites for hydroxylation is 2. The van der Waals surface area contributed by atoms with Crippen LogP contribution in [0.5, 0.6) is 0 Å². The fraction of sp³-hybridized carbons (Fsp3) is 0.292. The minimum absolute atomic E-state index is 0.181. The number of benzene rings is 1. The molecule has 1 aliphatic heterocycles. The summed E-state index contributed by atoms with van der Waals surface area (Å²) >= 11 is 0. The van der Waals surface area contributed by atoms with Crippen LogP contribution in [0.1, 0.15) is 12.5 Å². The van der Waals surface area contributed by atoms with Gasteiger partial charge in [-0.15, -0.1) is 5.10 Å². The van der Waals surface area contributed by atoms with Gasteiger partial charge < -0.3 is 0 Å². The minimum Gasteiger partial charge on any atom is -0.295 e. The molecule has 0 amide bonds. The van der Waals surface area contributed by atoms with Crippen molar-refractivity contribution in [2.75, 3.05) is 19.3 Å². The molecule has 1 saturated heterocycles. The Balaban J connectivity index is 1.48. The molecule has 1 fully saturated rings. The van der Waals surface area contributed by atoms with E-state index in [1.54, 1.807) is 40.3 Å². The predicted molar refractivity (Wildman–Crippen MR) is 136 cm³/mol. The molecular weight excluding hydrogens is 480 g/mol. The number of nitrogens with zero attached hydrogens (tertiary/aromatic N) is 8. The smallest absolute Gasteiger partial charge is 0.295 e. The van der Waals surface area contributed by atoms with Crippen molar-refractivity contribution >= 4 is 32.0 Å². The summed E-state index contributed by atoms with van der Waals surface area (Å²) in [6, 6.07) is 11.3. The highest BCUT2D eigenvalue weighted by Crippen LogP contribution is 2.31. The second kappa shape index (κ2) is 8.07. The molecule has 4 aromatic heterocycles. The van der Waals surface area contributed by atoms with E-state index in [-0.39, 0.29) is 18.3 Å². The van der Waals surface area contributed by atoms with Crippen molar-refractivity contribution < 1.29 is 8.42 Å². The Bertz CT molecular complexity index is 1800. The molecular formula is C24H24N8O3S. The van der Waals surface area contributed by atoms with Crippen LogP contribution >= 0.6 is 0 Å². The standard InChI is InChI=1S/C24H24N8O3S/c1-29-14-20(27-28-29)19-8-5-16(12-25-19)18-7-4-15-6-9-21-23(22(15)26-18)32(24(33)30(21)2)17-10-11-31(13-17)36(3,34)35/h4-9,12,14,17H,10-11,13H2,1-3H3/t17-/m0/s1. The summed E-state index contributed by atoms with van der Waals surface area (Å²) in [4.78, 5) is 22.8. The van der Waals surface area contributed by atoms with Gasteiger partial charge in [0.2, 0.25) is 10.0 Å². The molecule has 36 heavy (non-hydrogen) atoms. The molecule has 11 nitrogen and oxygen atoms in total. The molecule has 12 heteroatoms. The lowest BCUT2D eigenvalue weighted by Crippen LogP contribution is -2.31. The number of hydrogen-bond donors (Lipinski definition) is 0. The fourth-order valence-corrected chi connectivity index (χ4v) is 5.80. The van der Waals surface area contributed by atoms with Crippen molar-refractivity contribution in [3.8, 4) is 22.6 Å². The monoisotopic (exact) mass is 504 g/mol. The molecule has 184 valence electrons. The van der Waals surface area contributed by atoms with Crippen molar-refractivity contribution in [2.45, 2.75) is 12.5 Å². The summed E-state index contributed by atoms with van der Waals surface area (Å²) in [6.45, 7) is 0.654. The number of fused-ring (bicyclic) bond motifs is 3. The van der Waals surface area contributed by atoms with Crippen LogP contribution in [0.2, 0.25) is 0 Å². The minimum atomic E-state index is -3.33. The molecule has 1 atom stereocenters. The van der Waals surface area contributed by atoms with E-state index in [0.29, 0.717) is 35.4 Å². The third-order valence-electron chi connectivity index (χ3n) is 6.79. The molecule has 0 bridgehead atoms. The van der Waals surface area contributed by atoms with Crippen LogP contribution in [0, 0.1) is 0 Å². The lowest BCUT2D eigenvalue weighted by atomic mass is 10.1. The Labute approximate surface area is 206 Å². The number of rotatable bonds is 4. The lowest BCUT2D eigenvalue weighted by Gasteiger charge is -2.15. The van der Waals surface area contributed by atoms with Crippen LogP contribution in [0.25, 0.3) is 44.6 Å². The van der Waals surface area contributed by atoms with E-state index in [1.165, 1.54) is 10.6 Å². The molecule has 0 N–H and O–H groups in total. The first-order chi connectivity index (χ1) is 17.2. The normalized spacial score (nSPS) is 16.9. The fourth-order valence-electron chi connectivity index (χ4n) is 4.92. The molecule has 1 aromatic carbocycles. The first-order valence-electron chi connectivity index (χ1n) is 11.5. The van der Waals surface area contributed by atoms with Gasteiger partial charge in [-0.3, -0.25) is 18.8 Å². The summed E-state index contributed by atoms with van der Waals surface area (Å²) in [5.41, 5.74) is 4.93. The topological polar surface area (TPSA) is 121 Å². The molecule has 0 radical (unpaired) electrons. The molecule has 0 spiro atoms. The van der Waals surface area contributed by atoms with E-state index in [1.807, 2.05) is 36.4 Å². The van der Waals surface area contributed by atoms with Crippen LogP contribution in [0.3, 0.4) is 0 Å². The predicted octanol–water partition coefficient (Wildman–Crippen LogP) is 1.95. The molecule has 0 saturated carbocycles. The van der Waals surface area contributed by atoms with Gasteiger partial charge in [0, 0.05) is 44.3 Å². The SMILES string of the molecule is Cn1cc(-c2ccc(-c3ccc4ccc5c(c4n3)n([C@H]3CCN(S(C)(=O)=O)C3)c(=O)n5C)cn2)nn1. The van der Waals surface area contributed by atoms with E-state index in [0.717, 1.165) is 22.2 Å². The zero-order valence-corrected chi connectivity index (χ0v) is 20.8. The third kappa shape index (κ3) is 3.60. The molecule has 1 aliphatic rings. The van der Waals surface area contributed by atoms with Gasteiger partial charge in [-0.2, -0.15) is 0 Å². The van der Waals surface area contributed by atoms with Gasteiger partial charge in [-0.25, -0.2) is 22.5 Å². The van der Waals surface area contributed by atoms with Crippen molar-refractivity contribution in [1.29, 1.82) is 0 Å². The highest BCUT2D eigenvalue weighted by Gasteiger charge is 2.32. The van der Waals surface area contributed by atoms with Crippen molar-refractivity contribution in [1.82, 2.24) is 38.4 Å². The van der Waals surface area contributed by atoms with Crippen LogP contribution in [-0.4, -0.2) is 66.2 Å². The van der Waals surface area contributed by atoms with E-state index in [2.05, 4.69) is 15.3 Å². The Morgan fingerprint density at radius 2 is 1.78 bits per heavy atom. The van der Waals surface area contributed by atoms with Crippen LogP contribution < -0.4 is 5.69 Å². The maximum absolute atomic E-state index is 13.3. The van der Waals surface area contributed by atoms with Gasteiger partial charge in [0.1, 0.15) is 5.69 Å². The zero-order chi connectivity index (χ0) is 25.2. The Hall–Kier alpha value is -3.90. The zero-order valence-electron chi connectivity index (χ0n) is 20.0. The van der Waals surface area contributed by atoms with Crippen molar-refractivity contribution in [2.24, 2.45) is 14.1 Å². The molecule has 6 rings (SSSR count). The maximum atomic E-state index is 13.3. The third-order valence-corrected chi connectivity index (χ3v) is 8.06. The number of sulfonamides is 1. The molecule has 5 heterocycles. The highest BCUT2D eigenvalue weighted by atomic mass is 32.2. The second-order valence-corrected chi connectivity index (χ2v) is 11.2. The van der Waals surface area contributed by atoms with Gasteiger partial charge in [-0.05, 0) is 30.7 Å². The van der Waals surface area contributed by atoms with Crippen molar-refractivity contribution in [3.63, 3.8) is 0 Å². The summed E-state index contributed by atoms with van der Waals surface area (Å²) in [5.74, 6) is 0. The van der Waals surface area contributed by atoms with Gasteiger partial charge in [0.15, 0.2) is 0 Å². The summed E-state index contributed by atoms with van der Waals surface area (Å²) in [6.07, 6.45) is 5.32. The molecule has 0 aliphatic carbocycles. The first-order valence-corrected chi connectivity index (χ1v) is 13.3. The second-order valence-electron chi connectivity index (χ2n) is 9.19. The van der Waals surface area contributed by atoms with E-state index < -0.39 is 10.0 Å².